The summed E-state index contributed by atoms with van der Waals surface area (Å²) in [4.78, 5) is 0. The van der Waals surface area contributed by atoms with Crippen molar-refractivity contribution >= 4 is 46.7 Å². The second-order valence-corrected chi connectivity index (χ2v) is 17.9. The van der Waals surface area contributed by atoms with E-state index < -0.39 is 29.3 Å². The molecule has 0 aromatic heterocycles. The van der Waals surface area contributed by atoms with E-state index in [9.17, 15) is 0 Å². The van der Waals surface area contributed by atoms with Crippen LogP contribution in [0.5, 0.6) is 0 Å². The monoisotopic (exact) mass is 698 g/mol. The van der Waals surface area contributed by atoms with Gasteiger partial charge in [0.1, 0.15) is 0 Å². The second-order valence-electron chi connectivity index (χ2n) is 6.92. The van der Waals surface area contributed by atoms with Gasteiger partial charge >= 0.3 is 245 Å². The van der Waals surface area contributed by atoms with Crippen molar-refractivity contribution in [3.63, 3.8) is 0 Å². The fraction of sp³-hybridized carbons (Fsp3) is 0.0667. The molecule has 4 aromatic rings. The van der Waals surface area contributed by atoms with Crippen molar-refractivity contribution in [2.45, 2.75) is 10.4 Å². The van der Waals surface area contributed by atoms with Crippen LogP contribution in [0.25, 0.3) is 0 Å². The van der Waals surface area contributed by atoms with Crippen LogP contribution in [-0.2, 0) is 39.7 Å². The van der Waals surface area contributed by atoms with E-state index in [2.05, 4.69) is 148 Å². The molecule has 37 heavy (non-hydrogen) atoms. The fourth-order valence-corrected chi connectivity index (χ4v) is 19.0. The molecule has 0 saturated heterocycles. The normalized spacial score (nSPS) is 8.59. The Morgan fingerprint density at radius 1 is 0.351 bits per heavy atom. The zero-order valence-corrected chi connectivity index (χ0v) is 26.2. The van der Waals surface area contributed by atoms with E-state index in [1.54, 1.807) is 17.4 Å². The Balaban J connectivity index is 0. The quantitative estimate of drug-likeness (QED) is 0.162. The predicted octanol–water partition coefficient (Wildman–Crippen LogP) is 2.92. The second kappa shape index (κ2) is 25.3. The van der Waals surface area contributed by atoms with Crippen LogP contribution in [0.1, 0.15) is 0 Å². The molecule has 2 radical (unpaired) electrons. The molecule has 0 unspecified atom stereocenters. The summed E-state index contributed by atoms with van der Waals surface area (Å²) in [6, 6.07) is 45.0. The first-order valence-corrected chi connectivity index (χ1v) is 17.8. The van der Waals surface area contributed by atoms with Crippen LogP contribution < -0.4 is 17.4 Å². The van der Waals surface area contributed by atoms with Gasteiger partial charge in [0.15, 0.2) is 0 Å². The SMILES string of the molecule is [C-]#[O+].[C-]#[O+].[C-]#[O+].[C-]#[O+].[Mo+4].c1ccc([AsH](CC[AsH](c2ccccc2)c2ccccc2)c2ccccc2)cc1. The summed E-state index contributed by atoms with van der Waals surface area (Å²) in [5.41, 5.74) is 0. The molecule has 0 bridgehead atoms. The third-order valence-electron chi connectivity index (χ3n) is 5.11. The van der Waals surface area contributed by atoms with Crippen molar-refractivity contribution < 1.29 is 39.7 Å². The summed E-state index contributed by atoms with van der Waals surface area (Å²) in [5, 5.41) is 2.71. The molecule has 0 spiro atoms. The summed E-state index contributed by atoms with van der Waals surface area (Å²) >= 11 is -3.09. The van der Waals surface area contributed by atoms with E-state index in [-0.39, 0.29) is 21.1 Å². The van der Waals surface area contributed by atoms with Gasteiger partial charge in [-0.05, 0) is 0 Å². The van der Waals surface area contributed by atoms with Gasteiger partial charge in [-0.3, -0.25) is 0 Å². The van der Waals surface area contributed by atoms with Crippen LogP contribution in [0.15, 0.2) is 121 Å². The van der Waals surface area contributed by atoms with Crippen molar-refractivity contribution in [2.75, 3.05) is 0 Å². The Kier molecular flexibility index (Phi) is 25.2. The summed E-state index contributed by atoms with van der Waals surface area (Å²) in [5.74, 6) is 0. The Labute approximate surface area is 243 Å². The third kappa shape index (κ3) is 13.1. The molecular weight excluding hydrogens is 670 g/mol. The Morgan fingerprint density at radius 3 is 0.676 bits per heavy atom. The van der Waals surface area contributed by atoms with Gasteiger partial charge in [-0.1, -0.05) is 0 Å². The Hall–Kier alpha value is -2.35. The van der Waals surface area contributed by atoms with Gasteiger partial charge in [0.05, 0.1) is 0 Å². The average molecular weight is 696 g/mol. The van der Waals surface area contributed by atoms with Gasteiger partial charge in [0.25, 0.3) is 0 Å². The summed E-state index contributed by atoms with van der Waals surface area (Å²) < 4.78 is 36.4. The summed E-state index contributed by atoms with van der Waals surface area (Å²) in [7, 11) is 0. The molecule has 0 aliphatic heterocycles. The zero-order valence-electron chi connectivity index (χ0n) is 20.0. The van der Waals surface area contributed by atoms with Crippen molar-refractivity contribution in [3.05, 3.63) is 148 Å². The summed E-state index contributed by atoms with van der Waals surface area (Å²) in [6.07, 6.45) is 0. The van der Waals surface area contributed by atoms with E-state index in [0.29, 0.717) is 0 Å². The molecule has 0 atom stereocenters. The van der Waals surface area contributed by atoms with Gasteiger partial charge in [0, 0.05) is 0 Å². The molecule has 4 rings (SSSR count). The van der Waals surface area contributed by atoms with E-state index in [0.717, 1.165) is 0 Å². The van der Waals surface area contributed by atoms with Crippen LogP contribution >= 0.6 is 0 Å². The van der Waals surface area contributed by atoms with Crippen molar-refractivity contribution in [1.29, 1.82) is 0 Å². The van der Waals surface area contributed by atoms with Gasteiger partial charge < -0.3 is 0 Å². The molecule has 0 saturated carbocycles. The maximum atomic E-state index is 7.50. The average Bonchev–Trinajstić information content (AvgIpc) is 3.01. The predicted molar refractivity (Wildman–Crippen MR) is 144 cm³/mol. The Bertz CT molecular complexity index is 964. The van der Waals surface area contributed by atoms with Crippen LogP contribution in [0.2, 0.25) is 10.4 Å². The molecule has 0 aliphatic rings. The molecule has 0 aliphatic carbocycles. The fourth-order valence-electron chi connectivity index (χ4n) is 3.72. The topological polar surface area (TPSA) is 79.6 Å². The first-order valence-electron chi connectivity index (χ1n) is 10.7. The van der Waals surface area contributed by atoms with Crippen LogP contribution in [0.3, 0.4) is 0 Å². The van der Waals surface area contributed by atoms with Gasteiger partial charge in [-0.25, -0.2) is 0 Å². The first kappa shape index (κ1) is 36.8. The van der Waals surface area contributed by atoms with Gasteiger partial charge in [-0.15, -0.1) is 0 Å². The van der Waals surface area contributed by atoms with Crippen molar-refractivity contribution in [3.8, 4) is 0 Å². The minimum atomic E-state index is -1.55. The Morgan fingerprint density at radius 2 is 0.514 bits per heavy atom. The van der Waals surface area contributed by atoms with E-state index in [1.807, 2.05) is 0 Å². The zero-order chi connectivity index (χ0) is 27.0. The molecule has 4 aromatic carbocycles. The van der Waals surface area contributed by atoms with E-state index >= 15 is 0 Å². The molecule has 0 amide bonds. The third-order valence-corrected chi connectivity index (χ3v) is 19.1. The first-order chi connectivity index (χ1) is 17.9. The maximum absolute atomic E-state index is 7.50. The van der Waals surface area contributed by atoms with Gasteiger partial charge in [0.2, 0.25) is 0 Å². The van der Waals surface area contributed by atoms with Crippen LogP contribution in [-0.4, -0.2) is 29.3 Å². The molecule has 0 N–H and O–H groups in total. The van der Waals surface area contributed by atoms with E-state index in [1.165, 1.54) is 10.4 Å². The standard InChI is InChI=1S/C26H26As2.4CO.Mo/c1-5-13-23(14-6-1)27(24-15-7-2-8-16-24)21-22-28(25-17-9-3-10-18-25)26-19-11-4-12-20-26;4*1-2;/h1-20,27-28H,21-22H2;;;;;/q;;;;;+4. The molecule has 0 fully saturated rings. The minimum absolute atomic E-state index is 0. The number of hydrogen-bond acceptors (Lipinski definition) is 0. The molecule has 4 nitrogen and oxygen atoms in total. The molecule has 7 heteroatoms. The van der Waals surface area contributed by atoms with Crippen LogP contribution in [0.4, 0.5) is 0 Å². The summed E-state index contributed by atoms with van der Waals surface area (Å²) in [6.45, 7) is 18.0. The number of rotatable bonds is 7. The van der Waals surface area contributed by atoms with Crippen molar-refractivity contribution in [2.24, 2.45) is 0 Å². The molecule has 0 heterocycles. The number of hydrogen-bond donors (Lipinski definition) is 0. The number of benzene rings is 4. The van der Waals surface area contributed by atoms with E-state index in [4.69, 9.17) is 18.6 Å². The van der Waals surface area contributed by atoms with Crippen LogP contribution in [0, 0.1) is 26.6 Å². The molecule has 182 valence electrons. The van der Waals surface area contributed by atoms with Crippen molar-refractivity contribution in [1.82, 2.24) is 0 Å². The molecular formula is C30H26As2MoO4+4. The van der Waals surface area contributed by atoms with Gasteiger partial charge in [-0.2, -0.15) is 0 Å².